The molecule has 0 nitrogen and oxygen atoms in total. The van der Waals surface area contributed by atoms with Crippen molar-refractivity contribution in [2.45, 2.75) is 12.3 Å². The fourth-order valence-electron chi connectivity index (χ4n) is 3.43. The lowest BCUT2D eigenvalue weighted by Gasteiger charge is -2.21. The minimum Gasteiger partial charge on any atom is -0.0753 e. The van der Waals surface area contributed by atoms with Gasteiger partial charge in [0.25, 0.3) is 0 Å². The maximum atomic E-state index is 2.40. The summed E-state index contributed by atoms with van der Waals surface area (Å²) in [5.74, 6) is 0.311. The van der Waals surface area contributed by atoms with Gasteiger partial charge in [-0.05, 0) is 34.2 Å². The van der Waals surface area contributed by atoms with Gasteiger partial charge in [-0.25, -0.2) is 0 Å². The number of benzene rings is 3. The van der Waals surface area contributed by atoms with Crippen LogP contribution in [0.5, 0.6) is 0 Å². The zero-order chi connectivity index (χ0) is 14.8. The first-order chi connectivity index (χ1) is 10.9. The van der Waals surface area contributed by atoms with Gasteiger partial charge in [-0.2, -0.15) is 0 Å². The highest BCUT2D eigenvalue weighted by atomic mass is 14.3. The molecule has 1 aliphatic carbocycles. The summed E-state index contributed by atoms with van der Waals surface area (Å²) in [5, 5.41) is 0. The van der Waals surface area contributed by atoms with Crippen LogP contribution in [0.3, 0.4) is 0 Å². The van der Waals surface area contributed by atoms with Gasteiger partial charge >= 0.3 is 0 Å². The number of rotatable bonds is 3. The molecule has 3 aromatic rings. The molecule has 0 aliphatic heterocycles. The van der Waals surface area contributed by atoms with Crippen molar-refractivity contribution in [3.05, 3.63) is 113 Å². The van der Waals surface area contributed by atoms with Crippen molar-refractivity contribution in [1.29, 1.82) is 0 Å². The first-order valence-electron chi connectivity index (χ1n) is 7.82. The summed E-state index contributed by atoms with van der Waals surface area (Å²) in [5.41, 5.74) is 7.00. The van der Waals surface area contributed by atoms with Crippen LogP contribution in [-0.4, -0.2) is 0 Å². The first-order valence-corrected chi connectivity index (χ1v) is 7.82. The van der Waals surface area contributed by atoms with E-state index in [1.165, 1.54) is 27.8 Å². The normalized spacial score (nSPS) is 13.0. The topological polar surface area (TPSA) is 0 Å². The standard InChI is InChI=1S/C22H18/c1-3-10-18(11-4-1)22(19-12-5-2-6-13-19)21-16-15-17-9-7-8-14-20(17)21/h1-14,16,22H,15H2. The van der Waals surface area contributed by atoms with E-state index in [1.54, 1.807) is 0 Å². The summed E-state index contributed by atoms with van der Waals surface area (Å²) in [6.07, 6.45) is 3.44. The molecule has 0 unspecified atom stereocenters. The van der Waals surface area contributed by atoms with E-state index in [-0.39, 0.29) is 0 Å². The van der Waals surface area contributed by atoms with Crippen molar-refractivity contribution >= 4 is 5.57 Å². The van der Waals surface area contributed by atoms with Crippen LogP contribution in [-0.2, 0) is 6.42 Å². The van der Waals surface area contributed by atoms with Gasteiger partial charge in [0.1, 0.15) is 0 Å². The molecule has 0 aromatic heterocycles. The second-order valence-corrected chi connectivity index (χ2v) is 5.78. The Bertz CT molecular complexity index is 758. The Kier molecular flexibility index (Phi) is 3.36. The van der Waals surface area contributed by atoms with Crippen molar-refractivity contribution in [2.24, 2.45) is 0 Å². The third kappa shape index (κ3) is 2.27. The van der Waals surface area contributed by atoms with Crippen LogP contribution in [0.15, 0.2) is 91.0 Å². The van der Waals surface area contributed by atoms with Crippen LogP contribution in [0, 0.1) is 0 Å². The lowest BCUT2D eigenvalue weighted by molar-refractivity contribution is 1.05. The predicted octanol–water partition coefficient (Wildman–Crippen LogP) is 5.46. The van der Waals surface area contributed by atoms with Crippen LogP contribution in [0.2, 0.25) is 0 Å². The van der Waals surface area contributed by atoms with Crippen molar-refractivity contribution in [2.75, 3.05) is 0 Å². The van der Waals surface area contributed by atoms with E-state index in [0.29, 0.717) is 5.92 Å². The number of hydrogen-bond acceptors (Lipinski definition) is 0. The summed E-state index contributed by atoms with van der Waals surface area (Å²) in [6, 6.07) is 30.4. The van der Waals surface area contributed by atoms with E-state index in [0.717, 1.165) is 6.42 Å². The zero-order valence-electron chi connectivity index (χ0n) is 12.4. The molecule has 0 saturated carbocycles. The Morgan fingerprint density at radius 2 is 1.14 bits per heavy atom. The second kappa shape index (κ2) is 5.65. The molecule has 0 fully saturated rings. The zero-order valence-corrected chi connectivity index (χ0v) is 12.4. The van der Waals surface area contributed by atoms with E-state index in [1.807, 2.05) is 0 Å². The molecule has 0 spiro atoms. The van der Waals surface area contributed by atoms with E-state index in [2.05, 4.69) is 91.0 Å². The molecule has 0 radical (unpaired) electrons. The highest BCUT2D eigenvalue weighted by Crippen LogP contribution is 2.42. The van der Waals surface area contributed by atoms with Gasteiger partial charge < -0.3 is 0 Å². The van der Waals surface area contributed by atoms with Crippen molar-refractivity contribution < 1.29 is 0 Å². The molecule has 22 heavy (non-hydrogen) atoms. The van der Waals surface area contributed by atoms with Crippen LogP contribution in [0.4, 0.5) is 0 Å². The van der Waals surface area contributed by atoms with Gasteiger partial charge in [-0.15, -0.1) is 0 Å². The molecule has 0 heterocycles. The fraction of sp³-hybridized carbons (Fsp3) is 0.0909. The smallest absolute Gasteiger partial charge is 0.0342 e. The molecular weight excluding hydrogens is 264 g/mol. The Balaban J connectivity index is 1.86. The van der Waals surface area contributed by atoms with Crippen LogP contribution in [0.1, 0.15) is 28.2 Å². The molecular formula is C22H18. The Hall–Kier alpha value is -2.60. The summed E-state index contributed by atoms with van der Waals surface area (Å²) in [4.78, 5) is 0. The van der Waals surface area contributed by atoms with Gasteiger partial charge in [-0.1, -0.05) is 91.0 Å². The lowest BCUT2D eigenvalue weighted by Crippen LogP contribution is -2.03. The van der Waals surface area contributed by atoms with Crippen LogP contribution < -0.4 is 0 Å². The highest BCUT2D eigenvalue weighted by Gasteiger charge is 2.24. The molecule has 0 heteroatoms. The molecule has 0 N–H and O–H groups in total. The molecule has 0 saturated heterocycles. The van der Waals surface area contributed by atoms with Crippen LogP contribution >= 0.6 is 0 Å². The summed E-state index contributed by atoms with van der Waals surface area (Å²) < 4.78 is 0. The molecule has 0 bridgehead atoms. The maximum absolute atomic E-state index is 2.40. The summed E-state index contributed by atoms with van der Waals surface area (Å²) in [7, 11) is 0. The largest absolute Gasteiger partial charge is 0.0753 e. The number of allylic oxidation sites excluding steroid dienone is 2. The van der Waals surface area contributed by atoms with Crippen molar-refractivity contribution in [1.82, 2.24) is 0 Å². The maximum Gasteiger partial charge on any atom is 0.0342 e. The molecule has 0 amide bonds. The highest BCUT2D eigenvalue weighted by molar-refractivity contribution is 5.80. The first kappa shape index (κ1) is 13.1. The molecule has 3 aromatic carbocycles. The summed E-state index contributed by atoms with van der Waals surface area (Å²) in [6.45, 7) is 0. The Morgan fingerprint density at radius 1 is 0.591 bits per heavy atom. The van der Waals surface area contributed by atoms with Gasteiger partial charge in [0.2, 0.25) is 0 Å². The fourth-order valence-corrected chi connectivity index (χ4v) is 3.43. The van der Waals surface area contributed by atoms with Gasteiger partial charge in [-0.3, -0.25) is 0 Å². The predicted molar refractivity (Wildman–Crippen MR) is 92.9 cm³/mol. The van der Waals surface area contributed by atoms with E-state index in [4.69, 9.17) is 0 Å². The van der Waals surface area contributed by atoms with Crippen LogP contribution in [0.25, 0.3) is 5.57 Å². The van der Waals surface area contributed by atoms with Gasteiger partial charge in [0.05, 0.1) is 0 Å². The minimum atomic E-state index is 0.311. The third-order valence-electron chi connectivity index (χ3n) is 4.45. The number of hydrogen-bond donors (Lipinski definition) is 0. The molecule has 106 valence electrons. The molecule has 4 rings (SSSR count). The quantitative estimate of drug-likeness (QED) is 0.598. The molecule has 0 atom stereocenters. The Morgan fingerprint density at radius 3 is 1.77 bits per heavy atom. The molecule has 1 aliphatic rings. The van der Waals surface area contributed by atoms with E-state index in [9.17, 15) is 0 Å². The lowest BCUT2D eigenvalue weighted by atomic mass is 9.82. The van der Waals surface area contributed by atoms with Gasteiger partial charge in [0.15, 0.2) is 0 Å². The monoisotopic (exact) mass is 282 g/mol. The summed E-state index contributed by atoms with van der Waals surface area (Å²) >= 11 is 0. The Labute approximate surface area is 131 Å². The SMILES string of the molecule is C1=C(C(c2ccccc2)c2ccccc2)c2ccccc2C1. The van der Waals surface area contributed by atoms with Gasteiger partial charge in [0, 0.05) is 5.92 Å². The second-order valence-electron chi connectivity index (χ2n) is 5.78. The average Bonchev–Trinajstić information content (AvgIpc) is 3.01. The third-order valence-corrected chi connectivity index (χ3v) is 4.45. The van der Waals surface area contributed by atoms with E-state index >= 15 is 0 Å². The minimum absolute atomic E-state index is 0.311. The number of fused-ring (bicyclic) bond motifs is 1. The van der Waals surface area contributed by atoms with Crippen molar-refractivity contribution in [3.8, 4) is 0 Å². The van der Waals surface area contributed by atoms with Crippen molar-refractivity contribution in [3.63, 3.8) is 0 Å². The average molecular weight is 282 g/mol. The van der Waals surface area contributed by atoms with E-state index < -0.39 is 0 Å².